The van der Waals surface area contributed by atoms with Crippen LogP contribution in [-0.4, -0.2) is 37.7 Å². The van der Waals surface area contributed by atoms with E-state index in [0.717, 1.165) is 24.3 Å². The van der Waals surface area contributed by atoms with E-state index < -0.39 is 6.09 Å². The van der Waals surface area contributed by atoms with Gasteiger partial charge in [-0.1, -0.05) is 48.5 Å². The van der Waals surface area contributed by atoms with Crippen molar-refractivity contribution in [3.05, 3.63) is 59.7 Å². The third-order valence-electron chi connectivity index (χ3n) is 5.01. The summed E-state index contributed by atoms with van der Waals surface area (Å²) in [6.45, 7) is 0.954. The maximum Gasteiger partial charge on any atom is 0.433 e. The summed E-state index contributed by atoms with van der Waals surface area (Å²) in [5.74, 6) is 0.0469. The molecule has 5 nitrogen and oxygen atoms in total. The fourth-order valence-corrected chi connectivity index (χ4v) is 3.70. The first-order chi connectivity index (χ1) is 12.7. The van der Waals surface area contributed by atoms with Crippen LogP contribution in [0.2, 0.25) is 0 Å². The van der Waals surface area contributed by atoms with E-state index in [9.17, 15) is 4.79 Å². The van der Waals surface area contributed by atoms with Crippen LogP contribution in [0.25, 0.3) is 11.1 Å². The molecule has 0 radical (unpaired) electrons. The Bertz CT molecular complexity index is 740. The molecule has 1 aliphatic carbocycles. The van der Waals surface area contributed by atoms with Crippen molar-refractivity contribution in [3.63, 3.8) is 0 Å². The van der Waals surface area contributed by atoms with E-state index in [0.29, 0.717) is 6.61 Å². The molecule has 1 saturated heterocycles. The molecule has 136 valence electrons. The number of carbonyl (C=O) groups excluding carboxylic acids is 1. The number of hydrogen-bond acceptors (Lipinski definition) is 4. The topological polar surface area (TPSA) is 48.0 Å². The van der Waals surface area contributed by atoms with Crippen LogP contribution in [-0.2, 0) is 14.3 Å². The standard InChI is InChI=1S/C21H23NO4/c1-22(26-20-12-6-7-13-24-20)21(23)25-14-19-17-10-4-2-8-15(17)16-9-3-5-11-18(16)19/h2-5,8-11,19-20H,6-7,12-14H2,1H3. The van der Waals surface area contributed by atoms with Gasteiger partial charge >= 0.3 is 6.09 Å². The largest absolute Gasteiger partial charge is 0.447 e. The molecule has 1 aliphatic heterocycles. The first-order valence-corrected chi connectivity index (χ1v) is 9.11. The molecule has 0 aromatic heterocycles. The second-order valence-corrected chi connectivity index (χ2v) is 6.70. The normalized spacial score (nSPS) is 18.9. The van der Waals surface area contributed by atoms with Gasteiger partial charge in [0.05, 0.1) is 0 Å². The molecule has 5 heteroatoms. The highest BCUT2D eigenvalue weighted by Crippen LogP contribution is 2.44. The Hall–Kier alpha value is -2.37. The molecular weight excluding hydrogens is 330 g/mol. The van der Waals surface area contributed by atoms with E-state index in [4.69, 9.17) is 14.3 Å². The summed E-state index contributed by atoms with van der Waals surface area (Å²) in [6, 6.07) is 16.6. The van der Waals surface area contributed by atoms with Crippen molar-refractivity contribution in [2.45, 2.75) is 31.5 Å². The SMILES string of the molecule is CN(OC1CCCCO1)C(=O)OCC1c2ccccc2-c2ccccc21. The summed E-state index contributed by atoms with van der Waals surface area (Å²) in [5.41, 5.74) is 4.81. The number of rotatable bonds is 4. The fourth-order valence-electron chi connectivity index (χ4n) is 3.70. The van der Waals surface area contributed by atoms with Gasteiger partial charge in [-0.25, -0.2) is 9.63 Å². The Morgan fingerprint density at radius 2 is 1.73 bits per heavy atom. The minimum absolute atomic E-state index is 0.0469. The minimum Gasteiger partial charge on any atom is -0.447 e. The summed E-state index contributed by atoms with van der Waals surface area (Å²) < 4.78 is 11.0. The number of hydrogen-bond donors (Lipinski definition) is 0. The van der Waals surface area contributed by atoms with Gasteiger partial charge in [0.25, 0.3) is 0 Å². The van der Waals surface area contributed by atoms with Crippen molar-refractivity contribution in [3.8, 4) is 11.1 Å². The Morgan fingerprint density at radius 3 is 2.35 bits per heavy atom. The summed E-state index contributed by atoms with van der Waals surface area (Å²) in [5, 5.41) is 1.14. The van der Waals surface area contributed by atoms with Crippen molar-refractivity contribution >= 4 is 6.09 Å². The highest BCUT2D eigenvalue weighted by atomic mass is 16.8. The van der Waals surface area contributed by atoms with Crippen LogP contribution in [0.3, 0.4) is 0 Å². The van der Waals surface area contributed by atoms with Gasteiger partial charge in [0.2, 0.25) is 0 Å². The summed E-state index contributed by atoms with van der Waals surface area (Å²) in [4.78, 5) is 17.9. The number of carbonyl (C=O) groups is 1. The van der Waals surface area contributed by atoms with Crippen molar-refractivity contribution < 1.29 is 19.1 Å². The second kappa shape index (κ2) is 7.48. The average Bonchev–Trinajstić information content (AvgIpc) is 3.01. The number of amides is 1. The Morgan fingerprint density at radius 1 is 1.08 bits per heavy atom. The molecule has 1 amide bonds. The van der Waals surface area contributed by atoms with Crippen LogP contribution in [0, 0.1) is 0 Å². The van der Waals surface area contributed by atoms with E-state index in [2.05, 4.69) is 24.3 Å². The molecule has 1 unspecified atom stereocenters. The Labute approximate surface area is 153 Å². The molecule has 1 fully saturated rings. The first-order valence-electron chi connectivity index (χ1n) is 9.11. The van der Waals surface area contributed by atoms with Crippen LogP contribution in [0.5, 0.6) is 0 Å². The predicted molar refractivity (Wildman–Crippen MR) is 97.5 cm³/mol. The van der Waals surface area contributed by atoms with Gasteiger partial charge < -0.3 is 9.47 Å². The molecule has 1 heterocycles. The van der Waals surface area contributed by atoms with Crippen molar-refractivity contribution in [2.75, 3.05) is 20.3 Å². The predicted octanol–water partition coefficient (Wildman–Crippen LogP) is 4.33. The van der Waals surface area contributed by atoms with Crippen LogP contribution in [0.1, 0.15) is 36.3 Å². The number of fused-ring (bicyclic) bond motifs is 3. The zero-order valence-corrected chi connectivity index (χ0v) is 14.9. The van der Waals surface area contributed by atoms with E-state index in [1.807, 2.05) is 24.3 Å². The fraction of sp³-hybridized carbons (Fsp3) is 0.381. The lowest BCUT2D eigenvalue weighted by molar-refractivity contribution is -0.264. The third-order valence-corrected chi connectivity index (χ3v) is 5.01. The second-order valence-electron chi connectivity index (χ2n) is 6.70. The molecule has 0 spiro atoms. The number of nitrogens with zero attached hydrogens (tertiary/aromatic N) is 1. The minimum atomic E-state index is -0.499. The summed E-state index contributed by atoms with van der Waals surface area (Å²) in [7, 11) is 1.57. The lowest BCUT2D eigenvalue weighted by Gasteiger charge is -2.26. The smallest absolute Gasteiger partial charge is 0.433 e. The van der Waals surface area contributed by atoms with Gasteiger partial charge in [-0.15, -0.1) is 0 Å². The molecule has 26 heavy (non-hydrogen) atoms. The van der Waals surface area contributed by atoms with Crippen molar-refractivity contribution in [2.24, 2.45) is 0 Å². The molecule has 4 rings (SSSR count). The van der Waals surface area contributed by atoms with Crippen LogP contribution in [0.4, 0.5) is 4.79 Å². The van der Waals surface area contributed by atoms with Crippen molar-refractivity contribution in [1.29, 1.82) is 0 Å². The molecule has 2 aromatic rings. The van der Waals surface area contributed by atoms with E-state index in [-0.39, 0.29) is 18.8 Å². The molecule has 0 saturated carbocycles. The number of hydroxylamine groups is 2. The average molecular weight is 353 g/mol. The zero-order valence-electron chi connectivity index (χ0n) is 14.9. The lowest BCUT2D eigenvalue weighted by atomic mass is 9.98. The van der Waals surface area contributed by atoms with Gasteiger partial charge in [-0.3, -0.25) is 0 Å². The molecule has 1 atom stereocenters. The Balaban J connectivity index is 1.42. The van der Waals surface area contributed by atoms with Crippen LogP contribution >= 0.6 is 0 Å². The van der Waals surface area contributed by atoms with Crippen molar-refractivity contribution in [1.82, 2.24) is 5.06 Å². The number of benzene rings is 2. The van der Waals surface area contributed by atoms with E-state index in [1.54, 1.807) is 7.05 Å². The highest BCUT2D eigenvalue weighted by Gasteiger charge is 2.30. The monoisotopic (exact) mass is 353 g/mol. The van der Waals surface area contributed by atoms with Gasteiger partial charge in [-0.05, 0) is 35.1 Å². The van der Waals surface area contributed by atoms with Crippen LogP contribution < -0.4 is 0 Å². The Kier molecular flexibility index (Phi) is 4.91. The maximum atomic E-state index is 12.3. The third kappa shape index (κ3) is 3.32. The number of ether oxygens (including phenoxy) is 2. The van der Waals surface area contributed by atoms with E-state index in [1.165, 1.54) is 22.3 Å². The molecule has 2 aliphatic rings. The van der Waals surface area contributed by atoms with Gasteiger partial charge in [0.1, 0.15) is 6.61 Å². The lowest BCUT2D eigenvalue weighted by Crippen LogP contribution is -2.35. The zero-order chi connectivity index (χ0) is 17.9. The van der Waals surface area contributed by atoms with Gasteiger partial charge in [0, 0.05) is 26.0 Å². The first kappa shape index (κ1) is 17.1. The van der Waals surface area contributed by atoms with Gasteiger partial charge in [-0.2, -0.15) is 5.06 Å². The summed E-state index contributed by atoms with van der Waals surface area (Å²) >= 11 is 0. The maximum absolute atomic E-state index is 12.3. The van der Waals surface area contributed by atoms with E-state index >= 15 is 0 Å². The molecular formula is C21H23NO4. The molecule has 2 aromatic carbocycles. The van der Waals surface area contributed by atoms with Gasteiger partial charge in [0.15, 0.2) is 6.29 Å². The molecule has 0 bridgehead atoms. The quantitative estimate of drug-likeness (QED) is 0.768. The highest BCUT2D eigenvalue weighted by molar-refractivity contribution is 5.79. The van der Waals surface area contributed by atoms with Crippen LogP contribution in [0.15, 0.2) is 48.5 Å². The summed E-state index contributed by atoms with van der Waals surface area (Å²) in [6.07, 6.45) is 2.01. The molecule has 0 N–H and O–H groups in total.